The molecule has 1 fully saturated rings. The van der Waals surface area contributed by atoms with Gasteiger partial charge in [0.2, 0.25) is 5.91 Å². The Kier molecular flexibility index (Phi) is 4.35. The first kappa shape index (κ1) is 17.2. The summed E-state index contributed by atoms with van der Waals surface area (Å²) in [5, 5.41) is 0. The van der Waals surface area contributed by atoms with E-state index in [-0.39, 0.29) is 24.3 Å². The SMILES string of the molecule is O=C(Cn1ccc(=O)[nH]c1=O)N1CCCC[C@H]1c1nc2ccc(F)cc2[nH]1. The van der Waals surface area contributed by atoms with Crippen molar-refractivity contribution in [1.82, 2.24) is 24.4 Å². The monoisotopic (exact) mass is 371 g/mol. The molecule has 140 valence electrons. The Labute approximate surface area is 152 Å². The number of carbonyl (C=O) groups excluding carboxylic acids is 1. The standard InChI is InChI=1S/C18H18FN5O3/c19-11-4-5-12-13(9-11)21-17(20-12)14-3-1-2-7-24(14)16(26)10-23-8-6-15(25)22-18(23)27/h4-6,8-9,14H,1-3,7,10H2,(H,20,21)(H,22,25,27)/t14-/m0/s1. The lowest BCUT2D eigenvalue weighted by Crippen LogP contribution is -2.42. The van der Waals surface area contributed by atoms with Crippen molar-refractivity contribution in [2.24, 2.45) is 0 Å². The molecule has 2 N–H and O–H groups in total. The van der Waals surface area contributed by atoms with Gasteiger partial charge in [0.1, 0.15) is 18.2 Å². The zero-order valence-electron chi connectivity index (χ0n) is 14.4. The number of imidazole rings is 1. The topological polar surface area (TPSA) is 104 Å². The van der Waals surface area contributed by atoms with E-state index in [9.17, 15) is 18.8 Å². The van der Waals surface area contributed by atoms with Crippen LogP contribution in [0.4, 0.5) is 4.39 Å². The van der Waals surface area contributed by atoms with E-state index < -0.39 is 11.2 Å². The Morgan fingerprint density at radius 3 is 2.89 bits per heavy atom. The van der Waals surface area contributed by atoms with Gasteiger partial charge in [-0.15, -0.1) is 0 Å². The second-order valence-electron chi connectivity index (χ2n) is 6.62. The number of aromatic amines is 2. The molecule has 3 heterocycles. The third-order valence-corrected chi connectivity index (χ3v) is 4.80. The molecule has 8 nitrogen and oxygen atoms in total. The normalized spacial score (nSPS) is 17.4. The van der Waals surface area contributed by atoms with Crippen molar-refractivity contribution in [2.45, 2.75) is 31.8 Å². The van der Waals surface area contributed by atoms with Gasteiger partial charge in [-0.05, 0) is 37.5 Å². The van der Waals surface area contributed by atoms with Gasteiger partial charge in [-0.2, -0.15) is 0 Å². The molecule has 4 rings (SSSR count). The number of hydrogen-bond acceptors (Lipinski definition) is 4. The number of fused-ring (bicyclic) bond motifs is 1. The molecule has 9 heteroatoms. The summed E-state index contributed by atoms with van der Waals surface area (Å²) in [5.41, 5.74) is 0.0960. The Morgan fingerprint density at radius 2 is 2.07 bits per heavy atom. The molecule has 1 aliphatic rings. The van der Waals surface area contributed by atoms with Crippen LogP contribution in [-0.4, -0.2) is 36.9 Å². The number of likely N-dealkylation sites (tertiary alicyclic amines) is 1. The first-order valence-corrected chi connectivity index (χ1v) is 8.76. The molecule has 0 spiro atoms. The third-order valence-electron chi connectivity index (χ3n) is 4.80. The summed E-state index contributed by atoms with van der Waals surface area (Å²) in [6.07, 6.45) is 3.84. The fraction of sp³-hybridized carbons (Fsp3) is 0.333. The maximum Gasteiger partial charge on any atom is 0.328 e. The molecular formula is C18H18FN5O3. The van der Waals surface area contributed by atoms with Crippen LogP contribution in [-0.2, 0) is 11.3 Å². The number of aromatic nitrogens is 4. The summed E-state index contributed by atoms with van der Waals surface area (Å²) >= 11 is 0. The number of benzene rings is 1. The van der Waals surface area contributed by atoms with Crippen molar-refractivity contribution in [2.75, 3.05) is 6.54 Å². The fourth-order valence-electron chi connectivity index (χ4n) is 3.48. The van der Waals surface area contributed by atoms with E-state index in [1.807, 2.05) is 0 Å². The number of amides is 1. The molecule has 0 unspecified atom stereocenters. The quantitative estimate of drug-likeness (QED) is 0.724. The molecular weight excluding hydrogens is 353 g/mol. The van der Waals surface area contributed by atoms with Gasteiger partial charge in [0.15, 0.2) is 0 Å². The second kappa shape index (κ2) is 6.82. The molecule has 0 radical (unpaired) electrons. The van der Waals surface area contributed by atoms with Crippen molar-refractivity contribution < 1.29 is 9.18 Å². The molecule has 0 aliphatic carbocycles. The number of nitrogens with one attached hydrogen (secondary N) is 2. The van der Waals surface area contributed by atoms with Crippen molar-refractivity contribution >= 4 is 16.9 Å². The van der Waals surface area contributed by atoms with E-state index >= 15 is 0 Å². The van der Waals surface area contributed by atoms with Crippen molar-refractivity contribution in [3.8, 4) is 0 Å². The number of hydrogen-bond donors (Lipinski definition) is 2. The fourth-order valence-corrected chi connectivity index (χ4v) is 3.48. The highest BCUT2D eigenvalue weighted by molar-refractivity contribution is 5.77. The van der Waals surface area contributed by atoms with Crippen molar-refractivity contribution in [3.05, 3.63) is 62.9 Å². The number of piperidine rings is 1. The summed E-state index contributed by atoms with van der Waals surface area (Å²) in [6, 6.07) is 5.26. The van der Waals surface area contributed by atoms with Crippen LogP contribution in [0, 0.1) is 5.82 Å². The van der Waals surface area contributed by atoms with E-state index in [1.165, 1.54) is 29.0 Å². The maximum atomic E-state index is 13.4. The molecule has 1 saturated heterocycles. The lowest BCUT2D eigenvalue weighted by Gasteiger charge is -2.34. The van der Waals surface area contributed by atoms with Crippen LogP contribution in [0.25, 0.3) is 11.0 Å². The summed E-state index contributed by atoms with van der Waals surface area (Å²) in [5.74, 6) is 0.0182. The maximum absolute atomic E-state index is 13.4. The highest BCUT2D eigenvalue weighted by Gasteiger charge is 2.30. The average molecular weight is 371 g/mol. The first-order chi connectivity index (χ1) is 13.0. The summed E-state index contributed by atoms with van der Waals surface area (Å²) in [4.78, 5) is 47.3. The minimum Gasteiger partial charge on any atom is -0.340 e. The van der Waals surface area contributed by atoms with Gasteiger partial charge in [-0.3, -0.25) is 19.1 Å². The molecule has 1 amide bonds. The average Bonchev–Trinajstić information content (AvgIpc) is 3.07. The zero-order valence-corrected chi connectivity index (χ0v) is 14.4. The Hall–Kier alpha value is -3.23. The summed E-state index contributed by atoms with van der Waals surface area (Å²) < 4.78 is 14.6. The Balaban J connectivity index is 1.62. The van der Waals surface area contributed by atoms with Crippen molar-refractivity contribution in [3.63, 3.8) is 0 Å². The van der Waals surface area contributed by atoms with E-state index in [4.69, 9.17) is 0 Å². The van der Waals surface area contributed by atoms with E-state index in [2.05, 4.69) is 15.0 Å². The number of rotatable bonds is 3. The van der Waals surface area contributed by atoms with E-state index in [1.54, 1.807) is 11.0 Å². The van der Waals surface area contributed by atoms with Crippen LogP contribution >= 0.6 is 0 Å². The summed E-state index contributed by atoms with van der Waals surface area (Å²) in [6.45, 7) is 0.383. The highest BCUT2D eigenvalue weighted by Crippen LogP contribution is 2.30. The first-order valence-electron chi connectivity index (χ1n) is 8.76. The minimum absolute atomic E-state index is 0.166. The second-order valence-corrected chi connectivity index (χ2v) is 6.62. The Morgan fingerprint density at radius 1 is 1.22 bits per heavy atom. The zero-order chi connectivity index (χ0) is 19.0. The molecule has 27 heavy (non-hydrogen) atoms. The van der Waals surface area contributed by atoms with Crippen LogP contribution in [0.2, 0.25) is 0 Å². The van der Waals surface area contributed by atoms with Crippen LogP contribution in [0.15, 0.2) is 40.1 Å². The van der Waals surface area contributed by atoms with Gasteiger partial charge in [0.25, 0.3) is 5.56 Å². The highest BCUT2D eigenvalue weighted by atomic mass is 19.1. The van der Waals surface area contributed by atoms with E-state index in [0.29, 0.717) is 23.4 Å². The lowest BCUT2D eigenvalue weighted by atomic mass is 10.0. The molecule has 1 aliphatic heterocycles. The summed E-state index contributed by atoms with van der Waals surface area (Å²) in [7, 11) is 0. The van der Waals surface area contributed by atoms with Crippen LogP contribution in [0.5, 0.6) is 0 Å². The van der Waals surface area contributed by atoms with Crippen molar-refractivity contribution in [1.29, 1.82) is 0 Å². The number of carbonyl (C=O) groups is 1. The number of halogens is 1. The van der Waals surface area contributed by atoms with Crippen LogP contribution in [0.1, 0.15) is 31.1 Å². The van der Waals surface area contributed by atoms with Crippen LogP contribution in [0.3, 0.4) is 0 Å². The molecule has 0 bridgehead atoms. The Bertz CT molecular complexity index is 1120. The number of nitrogens with zero attached hydrogens (tertiary/aromatic N) is 3. The third kappa shape index (κ3) is 3.40. The van der Waals surface area contributed by atoms with Gasteiger partial charge < -0.3 is 9.88 Å². The predicted octanol–water partition coefficient (Wildman–Crippen LogP) is 1.31. The van der Waals surface area contributed by atoms with Crippen LogP contribution < -0.4 is 11.2 Å². The smallest absolute Gasteiger partial charge is 0.328 e. The minimum atomic E-state index is -0.622. The van der Waals surface area contributed by atoms with Gasteiger partial charge in [0, 0.05) is 18.8 Å². The van der Waals surface area contributed by atoms with Gasteiger partial charge in [0.05, 0.1) is 17.1 Å². The molecule has 0 saturated carbocycles. The van der Waals surface area contributed by atoms with Gasteiger partial charge >= 0.3 is 5.69 Å². The predicted molar refractivity (Wildman–Crippen MR) is 95.7 cm³/mol. The molecule has 3 aromatic rings. The van der Waals surface area contributed by atoms with Gasteiger partial charge in [-0.25, -0.2) is 14.2 Å². The molecule has 1 aromatic carbocycles. The lowest BCUT2D eigenvalue weighted by molar-refractivity contribution is -0.136. The largest absolute Gasteiger partial charge is 0.340 e. The molecule has 2 aromatic heterocycles. The number of H-pyrrole nitrogens is 2. The van der Waals surface area contributed by atoms with Gasteiger partial charge in [-0.1, -0.05) is 0 Å². The van der Waals surface area contributed by atoms with E-state index in [0.717, 1.165) is 19.3 Å². The molecule has 1 atom stereocenters.